The van der Waals surface area contributed by atoms with Gasteiger partial charge in [0, 0.05) is 5.54 Å². The lowest BCUT2D eigenvalue weighted by Crippen LogP contribution is -2.50. The van der Waals surface area contributed by atoms with Crippen LogP contribution in [0.4, 0.5) is 24.5 Å². The molecule has 0 aromatic heterocycles. The molecule has 0 saturated carbocycles. The maximum Gasteiger partial charge on any atom is 0.416 e. The van der Waals surface area contributed by atoms with Crippen molar-refractivity contribution in [3.05, 3.63) is 23.8 Å². The van der Waals surface area contributed by atoms with Crippen molar-refractivity contribution in [2.45, 2.75) is 39.4 Å². The number of anilines is 2. The Labute approximate surface area is 115 Å². The maximum absolute atomic E-state index is 12.7. The number of hydrogen-bond donors (Lipinski definition) is 2. The summed E-state index contributed by atoms with van der Waals surface area (Å²) in [6.45, 7) is 7.20. The molecular formula is C14H17F3N2O. The third-order valence-corrected chi connectivity index (χ3v) is 4.17. The van der Waals surface area contributed by atoms with E-state index in [1.165, 1.54) is 6.07 Å². The molecule has 0 saturated heterocycles. The zero-order valence-electron chi connectivity index (χ0n) is 11.8. The summed E-state index contributed by atoms with van der Waals surface area (Å²) in [5, 5.41) is 5.73. The second kappa shape index (κ2) is 4.14. The van der Waals surface area contributed by atoms with Crippen molar-refractivity contribution in [1.29, 1.82) is 0 Å². The standard InChI is InChI=1S/C14H17F3N2O/c1-12(2)11(20)18-10-7-8(14(15,16)17)5-6-9(10)19-13(12,3)4/h5-7,19H,1-4H3,(H,18,20). The SMILES string of the molecule is CC1(C)Nc2ccc(C(F)(F)F)cc2NC(=O)C1(C)C. The normalized spacial score (nSPS) is 20.4. The van der Waals surface area contributed by atoms with Gasteiger partial charge in [-0.1, -0.05) is 0 Å². The average molecular weight is 286 g/mol. The Kier molecular flexibility index (Phi) is 3.04. The quantitative estimate of drug-likeness (QED) is 0.760. The van der Waals surface area contributed by atoms with Crippen LogP contribution in [-0.2, 0) is 11.0 Å². The van der Waals surface area contributed by atoms with Crippen molar-refractivity contribution in [2.75, 3.05) is 10.6 Å². The van der Waals surface area contributed by atoms with Gasteiger partial charge in [-0.25, -0.2) is 0 Å². The van der Waals surface area contributed by atoms with E-state index in [1.807, 2.05) is 13.8 Å². The summed E-state index contributed by atoms with van der Waals surface area (Å²) >= 11 is 0. The number of rotatable bonds is 0. The van der Waals surface area contributed by atoms with Crippen LogP contribution in [0.15, 0.2) is 18.2 Å². The molecule has 20 heavy (non-hydrogen) atoms. The number of fused-ring (bicyclic) bond motifs is 1. The van der Waals surface area contributed by atoms with Gasteiger partial charge in [-0.2, -0.15) is 13.2 Å². The minimum atomic E-state index is -4.43. The lowest BCUT2D eigenvalue weighted by atomic mass is 9.74. The molecule has 0 atom stereocenters. The molecule has 1 aliphatic heterocycles. The zero-order chi connectivity index (χ0) is 15.3. The molecule has 0 bridgehead atoms. The molecule has 0 radical (unpaired) electrons. The van der Waals surface area contributed by atoms with Gasteiger partial charge in [-0.15, -0.1) is 0 Å². The molecule has 1 amide bonds. The Morgan fingerprint density at radius 3 is 2.20 bits per heavy atom. The maximum atomic E-state index is 12.7. The zero-order valence-corrected chi connectivity index (χ0v) is 11.8. The molecule has 1 aromatic carbocycles. The van der Waals surface area contributed by atoms with Crippen LogP contribution in [0.2, 0.25) is 0 Å². The second-order valence-corrected chi connectivity index (χ2v) is 6.09. The van der Waals surface area contributed by atoms with E-state index in [0.717, 1.165) is 12.1 Å². The van der Waals surface area contributed by atoms with Crippen molar-refractivity contribution in [3.8, 4) is 0 Å². The molecular weight excluding hydrogens is 269 g/mol. The summed E-state index contributed by atoms with van der Waals surface area (Å²) in [7, 11) is 0. The third kappa shape index (κ3) is 2.23. The number of benzene rings is 1. The highest BCUT2D eigenvalue weighted by Crippen LogP contribution is 2.42. The fourth-order valence-electron chi connectivity index (χ4n) is 1.99. The van der Waals surface area contributed by atoms with Crippen molar-refractivity contribution < 1.29 is 18.0 Å². The summed E-state index contributed by atoms with van der Waals surface area (Å²) in [5.74, 6) is -0.312. The van der Waals surface area contributed by atoms with Gasteiger partial charge in [-0.3, -0.25) is 4.79 Å². The van der Waals surface area contributed by atoms with Gasteiger partial charge in [0.15, 0.2) is 0 Å². The molecule has 2 N–H and O–H groups in total. The van der Waals surface area contributed by atoms with Crippen LogP contribution >= 0.6 is 0 Å². The molecule has 1 aliphatic rings. The van der Waals surface area contributed by atoms with Gasteiger partial charge in [0.2, 0.25) is 5.91 Å². The summed E-state index contributed by atoms with van der Waals surface area (Å²) < 4.78 is 38.2. The molecule has 110 valence electrons. The smallest absolute Gasteiger partial charge is 0.377 e. The lowest BCUT2D eigenvalue weighted by molar-refractivity contribution is -0.137. The third-order valence-electron chi connectivity index (χ3n) is 4.17. The van der Waals surface area contributed by atoms with E-state index in [9.17, 15) is 18.0 Å². The number of halogens is 3. The summed E-state index contributed by atoms with van der Waals surface area (Å²) in [5.41, 5.74) is -1.51. The molecule has 0 unspecified atom stereocenters. The Bertz CT molecular complexity index is 562. The molecule has 0 spiro atoms. The first-order chi connectivity index (χ1) is 8.95. The largest absolute Gasteiger partial charge is 0.416 e. The van der Waals surface area contributed by atoms with E-state index in [1.54, 1.807) is 13.8 Å². The highest BCUT2D eigenvalue weighted by Gasteiger charge is 2.46. The van der Waals surface area contributed by atoms with E-state index in [0.29, 0.717) is 5.69 Å². The molecule has 0 aliphatic carbocycles. The number of carbonyl (C=O) groups is 1. The number of amides is 1. The fourth-order valence-corrected chi connectivity index (χ4v) is 1.99. The van der Waals surface area contributed by atoms with Crippen LogP contribution in [-0.4, -0.2) is 11.4 Å². The molecule has 0 fully saturated rings. The molecule has 6 heteroatoms. The average Bonchev–Trinajstić information content (AvgIpc) is 2.34. The van der Waals surface area contributed by atoms with E-state index in [4.69, 9.17) is 0 Å². The minimum absolute atomic E-state index is 0.156. The van der Waals surface area contributed by atoms with Crippen LogP contribution in [0.3, 0.4) is 0 Å². The summed E-state index contributed by atoms with van der Waals surface area (Å²) in [4.78, 5) is 12.2. The first-order valence-electron chi connectivity index (χ1n) is 6.26. The van der Waals surface area contributed by atoms with Gasteiger partial charge < -0.3 is 10.6 Å². The topological polar surface area (TPSA) is 41.1 Å². The van der Waals surface area contributed by atoms with Crippen molar-refractivity contribution in [3.63, 3.8) is 0 Å². The first kappa shape index (κ1) is 14.7. The van der Waals surface area contributed by atoms with E-state index in [2.05, 4.69) is 10.6 Å². The van der Waals surface area contributed by atoms with Crippen molar-refractivity contribution >= 4 is 17.3 Å². The van der Waals surface area contributed by atoms with Gasteiger partial charge in [0.05, 0.1) is 22.4 Å². The van der Waals surface area contributed by atoms with Gasteiger partial charge in [0.1, 0.15) is 0 Å². The Hall–Kier alpha value is -1.72. The summed E-state index contributed by atoms with van der Waals surface area (Å²) in [6, 6.07) is 3.31. The Morgan fingerprint density at radius 2 is 1.65 bits per heavy atom. The highest BCUT2D eigenvalue weighted by atomic mass is 19.4. The predicted octanol–water partition coefficient (Wildman–Crippen LogP) is 3.87. The van der Waals surface area contributed by atoms with E-state index in [-0.39, 0.29) is 11.6 Å². The number of alkyl halides is 3. The molecule has 1 aromatic rings. The molecule has 2 rings (SSSR count). The Balaban J connectivity index is 2.53. The number of hydrogen-bond acceptors (Lipinski definition) is 2. The van der Waals surface area contributed by atoms with Crippen LogP contribution < -0.4 is 10.6 Å². The highest BCUT2D eigenvalue weighted by molar-refractivity contribution is 6.00. The van der Waals surface area contributed by atoms with Crippen molar-refractivity contribution in [2.24, 2.45) is 5.41 Å². The van der Waals surface area contributed by atoms with Crippen LogP contribution in [0.1, 0.15) is 33.3 Å². The Morgan fingerprint density at radius 1 is 1.05 bits per heavy atom. The summed E-state index contributed by atoms with van der Waals surface area (Å²) in [6.07, 6.45) is -4.43. The lowest BCUT2D eigenvalue weighted by Gasteiger charge is -2.39. The van der Waals surface area contributed by atoms with Gasteiger partial charge in [-0.05, 0) is 45.9 Å². The van der Waals surface area contributed by atoms with Gasteiger partial charge in [0.25, 0.3) is 0 Å². The van der Waals surface area contributed by atoms with Crippen LogP contribution in [0.5, 0.6) is 0 Å². The van der Waals surface area contributed by atoms with Crippen molar-refractivity contribution in [1.82, 2.24) is 0 Å². The second-order valence-electron chi connectivity index (χ2n) is 6.09. The first-order valence-corrected chi connectivity index (χ1v) is 6.26. The molecule has 1 heterocycles. The minimum Gasteiger partial charge on any atom is -0.377 e. The van der Waals surface area contributed by atoms with Crippen LogP contribution in [0.25, 0.3) is 0 Å². The van der Waals surface area contributed by atoms with Crippen LogP contribution in [0, 0.1) is 5.41 Å². The van der Waals surface area contributed by atoms with E-state index < -0.39 is 22.7 Å². The number of carbonyl (C=O) groups excluding carboxylic acids is 1. The monoisotopic (exact) mass is 286 g/mol. The van der Waals surface area contributed by atoms with E-state index >= 15 is 0 Å². The number of nitrogens with one attached hydrogen (secondary N) is 2. The fraction of sp³-hybridized carbons (Fsp3) is 0.500. The van der Waals surface area contributed by atoms with Gasteiger partial charge >= 0.3 is 6.18 Å². The predicted molar refractivity (Wildman–Crippen MR) is 71.6 cm³/mol. The molecule has 3 nitrogen and oxygen atoms in total.